The summed E-state index contributed by atoms with van der Waals surface area (Å²) in [4.78, 5) is 32.6. The molecule has 0 radical (unpaired) electrons. The Morgan fingerprint density at radius 1 is 1.02 bits per heavy atom. The molecule has 40 heavy (non-hydrogen) atoms. The molecule has 1 aliphatic carbocycles. The van der Waals surface area contributed by atoms with E-state index < -0.39 is 5.60 Å². The quantitative estimate of drug-likeness (QED) is 0.502. The van der Waals surface area contributed by atoms with Gasteiger partial charge in [-0.3, -0.25) is 4.79 Å². The third kappa shape index (κ3) is 6.58. The predicted octanol–water partition coefficient (Wildman–Crippen LogP) is 5.10. The first kappa shape index (κ1) is 28.0. The summed E-state index contributed by atoms with van der Waals surface area (Å²) < 4.78 is 11.6. The van der Waals surface area contributed by atoms with Crippen LogP contribution in [0.25, 0.3) is 4.85 Å². The van der Waals surface area contributed by atoms with Gasteiger partial charge in [-0.2, -0.15) is 0 Å². The van der Waals surface area contributed by atoms with Gasteiger partial charge in [-0.05, 0) is 70.7 Å². The molecule has 5 rings (SSSR count). The Balaban J connectivity index is 1.06. The van der Waals surface area contributed by atoms with Crippen molar-refractivity contribution in [1.29, 1.82) is 0 Å². The van der Waals surface area contributed by atoms with Crippen LogP contribution in [-0.2, 0) is 4.74 Å². The van der Waals surface area contributed by atoms with Gasteiger partial charge < -0.3 is 24.6 Å². The van der Waals surface area contributed by atoms with E-state index in [9.17, 15) is 9.59 Å². The van der Waals surface area contributed by atoms with Crippen LogP contribution in [0.4, 0.5) is 16.3 Å². The van der Waals surface area contributed by atoms with Crippen LogP contribution in [0.2, 0.25) is 5.02 Å². The number of benzene rings is 1. The van der Waals surface area contributed by atoms with Gasteiger partial charge >= 0.3 is 6.09 Å². The van der Waals surface area contributed by atoms with Crippen molar-refractivity contribution in [1.82, 2.24) is 20.4 Å². The third-order valence-electron chi connectivity index (χ3n) is 7.70. The summed E-state index contributed by atoms with van der Waals surface area (Å²) in [5.74, 6) is 1.91. The molecule has 1 N–H and O–H groups in total. The number of carbonyl (C=O) groups excluding carboxylic acids is 2. The highest BCUT2D eigenvalue weighted by atomic mass is 35.5. The van der Waals surface area contributed by atoms with Gasteiger partial charge in [-0.15, -0.1) is 10.2 Å². The molecule has 2 aromatic rings. The molecule has 1 aromatic heterocycles. The molecule has 0 bridgehead atoms. The zero-order valence-electron chi connectivity index (χ0n) is 23.1. The van der Waals surface area contributed by atoms with Crippen LogP contribution < -0.4 is 15.0 Å². The van der Waals surface area contributed by atoms with Crippen molar-refractivity contribution < 1.29 is 19.1 Å². The molecular weight excluding hydrogens is 532 g/mol. The highest BCUT2D eigenvalue weighted by Crippen LogP contribution is 2.34. The fourth-order valence-corrected chi connectivity index (χ4v) is 5.91. The largest absolute Gasteiger partial charge is 0.490 e. The van der Waals surface area contributed by atoms with Gasteiger partial charge in [-0.25, -0.2) is 9.64 Å². The van der Waals surface area contributed by atoms with Crippen molar-refractivity contribution in [3.63, 3.8) is 0 Å². The standard InChI is InChI=1S/C29H35ClN6O4/c1-29(2,3)40-28(38)36-16-18-14-35(15-19(18)17-36)26-12-11-25(33-34-26)27(37)32-20-5-7-21(8-6-20)39-22-9-10-24(31-4)23(30)13-22/h9-13,18-21H,5-8,14-17H2,1-3H3,(H,32,37). The Morgan fingerprint density at radius 3 is 2.30 bits per heavy atom. The number of likely N-dealkylation sites (tertiary alicyclic amines) is 1. The lowest BCUT2D eigenvalue weighted by atomic mass is 9.93. The maximum atomic E-state index is 12.8. The van der Waals surface area contributed by atoms with Crippen LogP contribution in [0.5, 0.6) is 5.75 Å². The fourth-order valence-electron chi connectivity index (χ4n) is 5.70. The molecule has 212 valence electrons. The van der Waals surface area contributed by atoms with E-state index >= 15 is 0 Å². The van der Waals surface area contributed by atoms with Crippen LogP contribution in [0.3, 0.4) is 0 Å². The molecule has 2 atom stereocenters. The monoisotopic (exact) mass is 566 g/mol. The van der Waals surface area contributed by atoms with Gasteiger partial charge in [0.25, 0.3) is 5.91 Å². The second kappa shape index (κ2) is 11.5. The maximum Gasteiger partial charge on any atom is 0.410 e. The highest BCUT2D eigenvalue weighted by molar-refractivity contribution is 6.33. The molecule has 1 saturated carbocycles. The van der Waals surface area contributed by atoms with Crippen LogP contribution >= 0.6 is 11.6 Å². The smallest absolute Gasteiger partial charge is 0.410 e. The van der Waals surface area contributed by atoms with Crippen molar-refractivity contribution in [2.24, 2.45) is 11.8 Å². The summed E-state index contributed by atoms with van der Waals surface area (Å²) in [5.41, 5.74) is 0.208. The van der Waals surface area contributed by atoms with E-state index in [-0.39, 0.29) is 24.1 Å². The average molecular weight is 567 g/mol. The molecule has 0 spiro atoms. The van der Waals surface area contributed by atoms with Gasteiger partial charge in [0.1, 0.15) is 11.4 Å². The zero-order chi connectivity index (χ0) is 28.4. The molecule has 3 heterocycles. The molecule has 2 amide bonds. The van der Waals surface area contributed by atoms with Gasteiger partial charge in [0.2, 0.25) is 5.69 Å². The van der Waals surface area contributed by atoms with Crippen LogP contribution in [0.1, 0.15) is 56.9 Å². The Hall–Kier alpha value is -3.58. The van der Waals surface area contributed by atoms with E-state index in [2.05, 4.69) is 25.3 Å². The number of ether oxygens (including phenoxy) is 2. The normalized spacial score (nSPS) is 24.3. The first-order valence-corrected chi connectivity index (χ1v) is 14.2. The summed E-state index contributed by atoms with van der Waals surface area (Å²) in [6.45, 7) is 15.7. The SMILES string of the molecule is [C-]#[N+]c1ccc(OC2CCC(NC(=O)c3ccc(N4CC5CN(C(=O)OC(C)(C)C)CC5C4)nn3)CC2)cc1Cl. The van der Waals surface area contributed by atoms with E-state index in [0.29, 0.717) is 47.1 Å². The Morgan fingerprint density at radius 2 is 1.73 bits per heavy atom. The first-order valence-electron chi connectivity index (χ1n) is 13.8. The first-order chi connectivity index (χ1) is 19.1. The highest BCUT2D eigenvalue weighted by Gasteiger charge is 2.43. The van der Waals surface area contributed by atoms with E-state index in [1.807, 2.05) is 26.8 Å². The molecule has 1 aromatic carbocycles. The second-order valence-electron chi connectivity index (χ2n) is 11.9. The van der Waals surface area contributed by atoms with Crippen molar-refractivity contribution in [3.05, 3.63) is 52.5 Å². The van der Waals surface area contributed by atoms with E-state index in [0.717, 1.165) is 44.6 Å². The van der Waals surface area contributed by atoms with Crippen LogP contribution in [0.15, 0.2) is 30.3 Å². The summed E-state index contributed by atoms with van der Waals surface area (Å²) >= 11 is 6.12. The Kier molecular flexibility index (Phi) is 8.04. The molecule has 2 unspecified atom stereocenters. The number of anilines is 1. The van der Waals surface area contributed by atoms with E-state index in [1.165, 1.54) is 0 Å². The zero-order valence-corrected chi connectivity index (χ0v) is 23.9. The summed E-state index contributed by atoms with van der Waals surface area (Å²) in [6.07, 6.45) is 3.00. The maximum absolute atomic E-state index is 12.8. The average Bonchev–Trinajstić information content (AvgIpc) is 3.49. The van der Waals surface area contributed by atoms with Crippen LogP contribution in [-0.4, -0.2) is 71.0 Å². The molecule has 3 aliphatic rings. The van der Waals surface area contributed by atoms with E-state index in [1.54, 1.807) is 29.2 Å². The summed E-state index contributed by atoms with van der Waals surface area (Å²) in [5, 5.41) is 12.0. The number of amides is 2. The van der Waals surface area contributed by atoms with Gasteiger partial charge in [0.05, 0.1) is 17.7 Å². The topological polar surface area (TPSA) is 101 Å². The predicted molar refractivity (Wildman–Crippen MR) is 151 cm³/mol. The van der Waals surface area contributed by atoms with Crippen molar-refractivity contribution >= 4 is 35.1 Å². The summed E-state index contributed by atoms with van der Waals surface area (Å²) in [7, 11) is 0. The molecule has 3 fully saturated rings. The minimum Gasteiger partial charge on any atom is -0.490 e. The number of halogens is 1. The molecular formula is C29H35ClN6O4. The van der Waals surface area contributed by atoms with Gasteiger partial charge in [0.15, 0.2) is 11.5 Å². The van der Waals surface area contributed by atoms with Crippen molar-refractivity contribution in [3.8, 4) is 5.75 Å². The fraction of sp³-hybridized carbons (Fsp3) is 0.552. The number of hydrogen-bond acceptors (Lipinski definition) is 7. The number of fused-ring (bicyclic) bond motifs is 1. The van der Waals surface area contributed by atoms with Crippen molar-refractivity contribution in [2.45, 2.75) is 64.2 Å². The minimum absolute atomic E-state index is 0.0400. The lowest BCUT2D eigenvalue weighted by molar-refractivity contribution is 0.0282. The lowest BCUT2D eigenvalue weighted by Crippen LogP contribution is -2.40. The molecule has 2 aliphatic heterocycles. The lowest BCUT2D eigenvalue weighted by Gasteiger charge is -2.29. The minimum atomic E-state index is -0.499. The number of hydrogen-bond donors (Lipinski definition) is 1. The van der Waals surface area contributed by atoms with Crippen molar-refractivity contribution in [2.75, 3.05) is 31.1 Å². The second-order valence-corrected chi connectivity index (χ2v) is 12.3. The summed E-state index contributed by atoms with van der Waals surface area (Å²) in [6, 6.07) is 8.74. The molecule has 2 saturated heterocycles. The number of nitrogens with zero attached hydrogens (tertiary/aromatic N) is 5. The number of nitrogens with one attached hydrogen (secondary N) is 1. The van der Waals surface area contributed by atoms with Gasteiger partial charge in [0, 0.05) is 44.1 Å². The van der Waals surface area contributed by atoms with Gasteiger partial charge in [-0.1, -0.05) is 17.7 Å². The number of carbonyl (C=O) groups is 2. The molecule has 11 heteroatoms. The van der Waals surface area contributed by atoms with Crippen LogP contribution in [0, 0.1) is 18.4 Å². The third-order valence-corrected chi connectivity index (χ3v) is 8.00. The number of aromatic nitrogens is 2. The Labute approximate surface area is 239 Å². The van der Waals surface area contributed by atoms with E-state index in [4.69, 9.17) is 27.6 Å². The Bertz CT molecular complexity index is 1270. The number of rotatable bonds is 5. The molecule has 10 nitrogen and oxygen atoms in total.